The summed E-state index contributed by atoms with van der Waals surface area (Å²) in [6.45, 7) is 1.88. The Morgan fingerprint density at radius 2 is 2.40 bits per heavy atom. The first-order valence-corrected chi connectivity index (χ1v) is 6.41. The number of thioether (sulfide) groups is 1. The van der Waals surface area contributed by atoms with Crippen LogP contribution in [-0.4, -0.2) is 21.3 Å². The fourth-order valence-electron chi connectivity index (χ4n) is 1.10. The third kappa shape index (κ3) is 4.22. The second-order valence-electron chi connectivity index (χ2n) is 3.06. The second kappa shape index (κ2) is 6.12. The Labute approximate surface area is 101 Å². The molecule has 0 bridgehead atoms. The van der Waals surface area contributed by atoms with Gasteiger partial charge in [-0.25, -0.2) is 0 Å². The maximum Gasteiger partial charge on any atom is 0.316 e. The number of aliphatic carboxylic acids is 1. The van der Waals surface area contributed by atoms with Gasteiger partial charge >= 0.3 is 5.97 Å². The zero-order valence-electron chi connectivity index (χ0n) is 8.31. The number of aromatic nitrogens is 1. The van der Waals surface area contributed by atoms with Gasteiger partial charge in [0.15, 0.2) is 0 Å². The molecule has 0 spiro atoms. The molecule has 0 aliphatic rings. The Kier molecular flexibility index (Phi) is 5.11. The summed E-state index contributed by atoms with van der Waals surface area (Å²) in [5.41, 5.74) is 1.04. The maximum atomic E-state index is 10.8. The Hall–Kier alpha value is -0.550. The fraction of sp³-hybridized carbons (Fsp3) is 0.400. The molecule has 3 nitrogen and oxygen atoms in total. The van der Waals surface area contributed by atoms with Crippen molar-refractivity contribution in [2.75, 3.05) is 0 Å². The highest BCUT2D eigenvalue weighted by molar-refractivity contribution is 9.10. The summed E-state index contributed by atoms with van der Waals surface area (Å²) in [4.78, 5) is 14.8. The van der Waals surface area contributed by atoms with Gasteiger partial charge in [0.05, 0.1) is 0 Å². The zero-order chi connectivity index (χ0) is 11.3. The van der Waals surface area contributed by atoms with E-state index in [-0.39, 0.29) is 5.25 Å². The Morgan fingerprint density at radius 3 is 2.93 bits per heavy atom. The van der Waals surface area contributed by atoms with Gasteiger partial charge in [-0.05, 0) is 34.0 Å². The lowest BCUT2D eigenvalue weighted by Gasteiger charge is -2.08. The highest BCUT2D eigenvalue weighted by Gasteiger charge is 2.15. The van der Waals surface area contributed by atoms with Crippen molar-refractivity contribution in [3.05, 3.63) is 28.5 Å². The summed E-state index contributed by atoms with van der Waals surface area (Å²) in [6, 6.07) is 1.95. The standard InChI is InChI=1S/C10H12BrNO2S/c1-2-9(10(13)14)15-6-7-3-8(11)5-12-4-7/h3-5,9H,2,6H2,1H3,(H,13,14). The number of carbonyl (C=O) groups is 1. The maximum absolute atomic E-state index is 10.8. The SMILES string of the molecule is CCC(SCc1cncc(Br)c1)C(=O)O. The number of carboxylic acid groups (broad SMARTS) is 1. The molecule has 0 saturated carbocycles. The van der Waals surface area contributed by atoms with Crippen molar-refractivity contribution in [1.82, 2.24) is 4.98 Å². The topological polar surface area (TPSA) is 50.2 Å². The quantitative estimate of drug-likeness (QED) is 0.905. The monoisotopic (exact) mass is 289 g/mol. The molecule has 0 saturated heterocycles. The molecule has 1 aromatic rings. The summed E-state index contributed by atoms with van der Waals surface area (Å²) < 4.78 is 0.920. The van der Waals surface area contributed by atoms with Gasteiger partial charge in [-0.1, -0.05) is 6.92 Å². The molecule has 1 unspecified atom stereocenters. The minimum atomic E-state index is -0.745. The third-order valence-corrected chi connectivity index (χ3v) is 3.73. The number of carboxylic acids is 1. The average Bonchev–Trinajstić information content (AvgIpc) is 2.18. The van der Waals surface area contributed by atoms with E-state index >= 15 is 0 Å². The van der Waals surface area contributed by atoms with E-state index in [1.54, 1.807) is 12.4 Å². The van der Waals surface area contributed by atoms with Gasteiger partial charge in [0.2, 0.25) is 0 Å². The van der Waals surface area contributed by atoms with Crippen molar-refractivity contribution >= 4 is 33.7 Å². The van der Waals surface area contributed by atoms with E-state index in [0.717, 1.165) is 10.0 Å². The normalized spacial score (nSPS) is 12.4. The first-order valence-electron chi connectivity index (χ1n) is 4.57. The largest absolute Gasteiger partial charge is 0.480 e. The van der Waals surface area contributed by atoms with Crippen LogP contribution in [0.3, 0.4) is 0 Å². The van der Waals surface area contributed by atoms with E-state index in [9.17, 15) is 4.79 Å². The molecule has 1 N–H and O–H groups in total. The van der Waals surface area contributed by atoms with Gasteiger partial charge in [-0.15, -0.1) is 11.8 Å². The summed E-state index contributed by atoms with van der Waals surface area (Å²) in [5, 5.41) is 8.53. The second-order valence-corrected chi connectivity index (χ2v) is 5.16. The molecule has 5 heteroatoms. The van der Waals surface area contributed by atoms with Crippen LogP contribution < -0.4 is 0 Å². The first-order chi connectivity index (χ1) is 7.13. The first kappa shape index (κ1) is 12.5. The van der Waals surface area contributed by atoms with Crippen LogP contribution in [0.25, 0.3) is 0 Å². The Morgan fingerprint density at radius 1 is 1.67 bits per heavy atom. The van der Waals surface area contributed by atoms with E-state index in [1.807, 2.05) is 13.0 Å². The molecule has 0 amide bonds. The molecule has 1 heterocycles. The zero-order valence-corrected chi connectivity index (χ0v) is 10.7. The lowest BCUT2D eigenvalue weighted by atomic mass is 10.3. The number of nitrogens with zero attached hydrogens (tertiary/aromatic N) is 1. The van der Waals surface area contributed by atoms with E-state index in [1.165, 1.54) is 11.8 Å². The number of halogens is 1. The molecule has 0 aliphatic carbocycles. The lowest BCUT2D eigenvalue weighted by molar-refractivity contribution is -0.136. The van der Waals surface area contributed by atoms with Gasteiger partial charge < -0.3 is 5.11 Å². The fourth-order valence-corrected chi connectivity index (χ4v) is 2.44. The predicted octanol–water partition coefficient (Wildman–Crippen LogP) is 2.94. The molecule has 1 aromatic heterocycles. The Bertz CT molecular complexity index is 346. The number of hydrogen-bond donors (Lipinski definition) is 1. The van der Waals surface area contributed by atoms with Crippen LogP contribution in [0, 0.1) is 0 Å². The van der Waals surface area contributed by atoms with Crippen LogP contribution in [0.15, 0.2) is 22.9 Å². The summed E-state index contributed by atoms with van der Waals surface area (Å²) in [5.74, 6) is -0.0671. The van der Waals surface area contributed by atoms with Gasteiger partial charge in [0.1, 0.15) is 5.25 Å². The molecule has 1 atom stereocenters. The molecule has 0 aromatic carbocycles. The van der Waals surface area contributed by atoms with Crippen molar-refractivity contribution in [1.29, 1.82) is 0 Å². The predicted molar refractivity (Wildman–Crippen MR) is 64.9 cm³/mol. The van der Waals surface area contributed by atoms with Gasteiger partial charge in [0, 0.05) is 22.6 Å². The average molecular weight is 290 g/mol. The van der Waals surface area contributed by atoms with Crippen LogP contribution in [0.2, 0.25) is 0 Å². The van der Waals surface area contributed by atoms with Crippen LogP contribution in [-0.2, 0) is 10.5 Å². The summed E-state index contributed by atoms with van der Waals surface area (Å²) in [6.07, 6.45) is 4.11. The van der Waals surface area contributed by atoms with Gasteiger partial charge in [0.25, 0.3) is 0 Å². The highest BCUT2D eigenvalue weighted by Crippen LogP contribution is 2.21. The highest BCUT2D eigenvalue weighted by atomic mass is 79.9. The van der Waals surface area contributed by atoms with Crippen LogP contribution >= 0.6 is 27.7 Å². The van der Waals surface area contributed by atoms with Gasteiger partial charge in [-0.2, -0.15) is 0 Å². The van der Waals surface area contributed by atoms with E-state index in [4.69, 9.17) is 5.11 Å². The molecule has 0 aliphatic heterocycles. The molecule has 82 valence electrons. The minimum absolute atomic E-state index is 0.330. The van der Waals surface area contributed by atoms with Crippen LogP contribution in [0.4, 0.5) is 0 Å². The third-order valence-electron chi connectivity index (χ3n) is 1.86. The van der Waals surface area contributed by atoms with Crippen molar-refractivity contribution in [3.63, 3.8) is 0 Å². The molecule has 0 fully saturated rings. The summed E-state index contributed by atoms with van der Waals surface area (Å²) >= 11 is 4.76. The molecule has 1 rings (SSSR count). The number of rotatable bonds is 5. The molecule has 0 radical (unpaired) electrons. The van der Waals surface area contributed by atoms with Crippen LogP contribution in [0.1, 0.15) is 18.9 Å². The summed E-state index contributed by atoms with van der Waals surface area (Å²) in [7, 11) is 0. The number of hydrogen-bond acceptors (Lipinski definition) is 3. The van der Waals surface area contributed by atoms with Crippen molar-refractivity contribution in [2.24, 2.45) is 0 Å². The molecular formula is C10H12BrNO2S. The van der Waals surface area contributed by atoms with Crippen molar-refractivity contribution in [2.45, 2.75) is 24.3 Å². The minimum Gasteiger partial charge on any atom is -0.480 e. The van der Waals surface area contributed by atoms with Crippen molar-refractivity contribution < 1.29 is 9.90 Å². The van der Waals surface area contributed by atoms with E-state index in [2.05, 4.69) is 20.9 Å². The lowest BCUT2D eigenvalue weighted by Crippen LogP contribution is -2.15. The van der Waals surface area contributed by atoms with E-state index < -0.39 is 5.97 Å². The van der Waals surface area contributed by atoms with Crippen LogP contribution in [0.5, 0.6) is 0 Å². The molecular weight excluding hydrogens is 278 g/mol. The smallest absolute Gasteiger partial charge is 0.316 e. The van der Waals surface area contributed by atoms with Gasteiger partial charge in [-0.3, -0.25) is 9.78 Å². The van der Waals surface area contributed by atoms with Crippen molar-refractivity contribution in [3.8, 4) is 0 Å². The number of pyridine rings is 1. The molecule has 15 heavy (non-hydrogen) atoms. The Balaban J connectivity index is 2.52. The van der Waals surface area contributed by atoms with E-state index in [0.29, 0.717) is 12.2 Å².